The Morgan fingerprint density at radius 3 is 2.73 bits per heavy atom. The van der Waals surface area contributed by atoms with Gasteiger partial charge in [0, 0.05) is 0 Å². The Morgan fingerprint density at radius 1 is 1.60 bits per heavy atom. The van der Waals surface area contributed by atoms with Gasteiger partial charge in [0.2, 0.25) is 0 Å². The maximum atomic E-state index is 11.3. The summed E-state index contributed by atoms with van der Waals surface area (Å²) in [5, 5.41) is 21.7. The molecule has 0 saturated heterocycles. The van der Waals surface area contributed by atoms with Crippen molar-refractivity contribution in [1.82, 2.24) is 14.8 Å². The minimum Gasteiger partial charge on any atom is -0.479 e. The van der Waals surface area contributed by atoms with Crippen LogP contribution in [0.1, 0.15) is 31.5 Å². The first-order valence-corrected chi connectivity index (χ1v) is 4.75. The third-order valence-electron chi connectivity index (χ3n) is 2.86. The SMILES string of the molecule is N#Cc1ncn(C2(C(=O)O)CCCC2)n1. The van der Waals surface area contributed by atoms with Gasteiger partial charge >= 0.3 is 5.97 Å². The lowest BCUT2D eigenvalue weighted by Gasteiger charge is -2.23. The van der Waals surface area contributed by atoms with Crippen LogP contribution in [0.15, 0.2) is 6.33 Å². The summed E-state index contributed by atoms with van der Waals surface area (Å²) >= 11 is 0. The lowest BCUT2D eigenvalue weighted by atomic mass is 9.98. The number of hydrogen-bond donors (Lipinski definition) is 1. The van der Waals surface area contributed by atoms with Gasteiger partial charge in [0.25, 0.3) is 5.82 Å². The molecule has 2 rings (SSSR count). The van der Waals surface area contributed by atoms with Crippen LogP contribution in [0, 0.1) is 11.3 Å². The topological polar surface area (TPSA) is 91.8 Å². The molecule has 0 atom stereocenters. The highest BCUT2D eigenvalue weighted by Crippen LogP contribution is 2.36. The van der Waals surface area contributed by atoms with E-state index in [0.29, 0.717) is 12.8 Å². The molecular formula is C9H10N4O2. The van der Waals surface area contributed by atoms with Crippen LogP contribution < -0.4 is 0 Å². The number of carbonyl (C=O) groups is 1. The van der Waals surface area contributed by atoms with E-state index in [4.69, 9.17) is 5.26 Å². The molecule has 0 radical (unpaired) electrons. The molecule has 1 fully saturated rings. The normalized spacial score (nSPS) is 18.6. The lowest BCUT2D eigenvalue weighted by molar-refractivity contribution is -0.147. The van der Waals surface area contributed by atoms with E-state index >= 15 is 0 Å². The van der Waals surface area contributed by atoms with Gasteiger partial charge in [-0.1, -0.05) is 12.8 Å². The summed E-state index contributed by atoms with van der Waals surface area (Å²) < 4.78 is 1.32. The Balaban J connectivity index is 2.41. The summed E-state index contributed by atoms with van der Waals surface area (Å²) in [5.41, 5.74) is -0.984. The second-order valence-electron chi connectivity index (χ2n) is 3.67. The first-order valence-electron chi connectivity index (χ1n) is 4.75. The molecule has 1 saturated carbocycles. The molecule has 1 aliphatic rings. The molecule has 15 heavy (non-hydrogen) atoms. The van der Waals surface area contributed by atoms with E-state index in [1.807, 2.05) is 0 Å². The molecule has 78 valence electrons. The molecule has 0 aliphatic heterocycles. The first-order chi connectivity index (χ1) is 7.19. The van der Waals surface area contributed by atoms with E-state index in [9.17, 15) is 9.90 Å². The molecule has 6 nitrogen and oxygen atoms in total. The van der Waals surface area contributed by atoms with Crippen molar-refractivity contribution >= 4 is 5.97 Å². The molecule has 0 spiro atoms. The van der Waals surface area contributed by atoms with Gasteiger partial charge in [-0.15, -0.1) is 5.10 Å². The summed E-state index contributed by atoms with van der Waals surface area (Å²) in [6.45, 7) is 0. The van der Waals surface area contributed by atoms with Gasteiger partial charge in [-0.25, -0.2) is 14.5 Å². The van der Waals surface area contributed by atoms with Crippen LogP contribution in [0.3, 0.4) is 0 Å². The molecule has 0 aromatic carbocycles. The van der Waals surface area contributed by atoms with Crippen molar-refractivity contribution < 1.29 is 9.90 Å². The summed E-state index contributed by atoms with van der Waals surface area (Å²) in [7, 11) is 0. The van der Waals surface area contributed by atoms with Gasteiger partial charge in [-0.05, 0) is 12.8 Å². The van der Waals surface area contributed by atoms with Gasteiger partial charge in [0.15, 0.2) is 5.54 Å². The molecule has 0 bridgehead atoms. The molecule has 6 heteroatoms. The Kier molecular flexibility index (Phi) is 2.15. The van der Waals surface area contributed by atoms with Crippen molar-refractivity contribution in [3.63, 3.8) is 0 Å². The Hall–Kier alpha value is -1.90. The second-order valence-corrected chi connectivity index (χ2v) is 3.67. The second kappa shape index (κ2) is 3.35. The van der Waals surface area contributed by atoms with Crippen LogP contribution in [0.4, 0.5) is 0 Å². The molecule has 0 amide bonds. The Bertz CT molecular complexity index is 426. The molecule has 1 heterocycles. The Morgan fingerprint density at radius 2 is 2.27 bits per heavy atom. The number of carboxylic acid groups (broad SMARTS) is 1. The molecule has 1 N–H and O–H groups in total. The number of aliphatic carboxylic acids is 1. The van der Waals surface area contributed by atoms with E-state index < -0.39 is 11.5 Å². The highest BCUT2D eigenvalue weighted by molar-refractivity contribution is 5.76. The molecule has 1 aromatic rings. The highest BCUT2D eigenvalue weighted by atomic mass is 16.4. The largest absolute Gasteiger partial charge is 0.479 e. The molecule has 0 unspecified atom stereocenters. The van der Waals surface area contributed by atoms with Crippen LogP contribution in [0.25, 0.3) is 0 Å². The van der Waals surface area contributed by atoms with E-state index in [1.54, 1.807) is 6.07 Å². The fourth-order valence-electron chi connectivity index (χ4n) is 2.02. The monoisotopic (exact) mass is 206 g/mol. The summed E-state index contributed by atoms with van der Waals surface area (Å²) in [5.74, 6) is -0.878. The van der Waals surface area contributed by atoms with Gasteiger partial charge in [0.1, 0.15) is 12.4 Å². The highest BCUT2D eigenvalue weighted by Gasteiger charge is 2.44. The summed E-state index contributed by atoms with van der Waals surface area (Å²) in [6, 6.07) is 1.79. The average molecular weight is 206 g/mol. The molecule has 1 aromatic heterocycles. The predicted octanol–water partition coefficient (Wildman–Crippen LogP) is 0.504. The van der Waals surface area contributed by atoms with Crippen molar-refractivity contribution in [3.8, 4) is 6.07 Å². The number of aromatic nitrogens is 3. The van der Waals surface area contributed by atoms with Crippen molar-refractivity contribution in [1.29, 1.82) is 5.26 Å². The third kappa shape index (κ3) is 1.36. The van der Waals surface area contributed by atoms with Gasteiger partial charge < -0.3 is 5.11 Å². The van der Waals surface area contributed by atoms with Crippen molar-refractivity contribution in [2.75, 3.05) is 0 Å². The van der Waals surface area contributed by atoms with Crippen LogP contribution in [-0.2, 0) is 10.3 Å². The lowest BCUT2D eigenvalue weighted by Crippen LogP contribution is -2.39. The van der Waals surface area contributed by atoms with Crippen LogP contribution in [0.5, 0.6) is 0 Å². The van der Waals surface area contributed by atoms with Crippen LogP contribution in [0.2, 0.25) is 0 Å². The summed E-state index contributed by atoms with van der Waals surface area (Å²) in [4.78, 5) is 15.0. The van der Waals surface area contributed by atoms with Gasteiger partial charge in [-0.3, -0.25) is 0 Å². The number of nitriles is 1. The van der Waals surface area contributed by atoms with Crippen LogP contribution in [-0.4, -0.2) is 25.8 Å². The zero-order valence-electron chi connectivity index (χ0n) is 8.05. The van der Waals surface area contributed by atoms with Crippen molar-refractivity contribution in [2.24, 2.45) is 0 Å². The number of nitrogens with zero attached hydrogens (tertiary/aromatic N) is 4. The molecular weight excluding hydrogens is 196 g/mol. The first kappa shape index (κ1) is 9.65. The Labute approximate surface area is 86.2 Å². The standard InChI is InChI=1S/C9H10N4O2/c10-5-7-11-6-13(12-7)9(8(14)15)3-1-2-4-9/h6H,1-4H2,(H,14,15). The van der Waals surface area contributed by atoms with E-state index in [2.05, 4.69) is 10.1 Å². The van der Waals surface area contributed by atoms with Gasteiger partial charge in [-0.2, -0.15) is 5.26 Å². The number of rotatable bonds is 2. The fraction of sp³-hybridized carbons (Fsp3) is 0.556. The summed E-state index contributed by atoms with van der Waals surface area (Å²) in [6.07, 6.45) is 4.17. The van der Waals surface area contributed by atoms with Gasteiger partial charge in [0.05, 0.1) is 0 Å². The molecule has 1 aliphatic carbocycles. The average Bonchev–Trinajstić information content (AvgIpc) is 2.87. The van der Waals surface area contributed by atoms with E-state index in [1.165, 1.54) is 11.0 Å². The number of carboxylic acids is 1. The third-order valence-corrected chi connectivity index (χ3v) is 2.86. The quantitative estimate of drug-likeness (QED) is 0.760. The maximum Gasteiger partial charge on any atom is 0.331 e. The predicted molar refractivity (Wildman–Crippen MR) is 48.8 cm³/mol. The minimum atomic E-state index is -0.984. The minimum absolute atomic E-state index is 0.0162. The van der Waals surface area contributed by atoms with Crippen LogP contribution >= 0.6 is 0 Å². The zero-order chi connectivity index (χ0) is 10.9. The van der Waals surface area contributed by atoms with E-state index in [0.717, 1.165) is 12.8 Å². The fourth-order valence-corrected chi connectivity index (χ4v) is 2.02. The van der Waals surface area contributed by atoms with E-state index in [-0.39, 0.29) is 5.82 Å². The van der Waals surface area contributed by atoms with Crippen molar-refractivity contribution in [2.45, 2.75) is 31.2 Å². The zero-order valence-corrected chi connectivity index (χ0v) is 8.05. The smallest absolute Gasteiger partial charge is 0.331 e. The number of hydrogen-bond acceptors (Lipinski definition) is 4. The maximum absolute atomic E-state index is 11.3. The van der Waals surface area contributed by atoms with Crippen molar-refractivity contribution in [3.05, 3.63) is 12.2 Å².